The van der Waals surface area contributed by atoms with Gasteiger partial charge in [-0.25, -0.2) is 0 Å². The van der Waals surface area contributed by atoms with E-state index < -0.39 is 0 Å². The Hall–Kier alpha value is -0.520. The monoisotopic (exact) mass is 176 g/mol. The van der Waals surface area contributed by atoms with Crippen molar-refractivity contribution in [3.05, 3.63) is 22.3 Å². The Morgan fingerprint density at radius 2 is 1.69 bits per heavy atom. The van der Waals surface area contributed by atoms with Gasteiger partial charge in [-0.1, -0.05) is 25.0 Å². The molecule has 0 heterocycles. The van der Waals surface area contributed by atoms with Crippen molar-refractivity contribution in [2.24, 2.45) is 11.8 Å². The second kappa shape index (κ2) is 3.01. The van der Waals surface area contributed by atoms with E-state index >= 15 is 0 Å². The fraction of sp³-hybridized carbons (Fsp3) is 0.692. The maximum Gasteiger partial charge on any atom is -0.00562 e. The summed E-state index contributed by atoms with van der Waals surface area (Å²) in [6, 6.07) is 0. The largest absolute Gasteiger partial charge is 0.0726 e. The van der Waals surface area contributed by atoms with Crippen molar-refractivity contribution >= 4 is 0 Å². The van der Waals surface area contributed by atoms with Crippen LogP contribution in [0.4, 0.5) is 0 Å². The zero-order chi connectivity index (χ0) is 9.59. The molecule has 13 heavy (non-hydrogen) atoms. The van der Waals surface area contributed by atoms with Crippen molar-refractivity contribution in [2.45, 2.75) is 47.0 Å². The van der Waals surface area contributed by atoms with Crippen LogP contribution in [-0.2, 0) is 0 Å². The van der Waals surface area contributed by atoms with Crippen molar-refractivity contribution in [1.29, 1.82) is 0 Å². The SMILES string of the molecule is CC(C)=C1CC2=C1C(C)CCC2C. The lowest BCUT2D eigenvalue weighted by Gasteiger charge is -2.40. The van der Waals surface area contributed by atoms with Gasteiger partial charge in [-0.2, -0.15) is 0 Å². The maximum absolute atomic E-state index is 2.39. The average Bonchev–Trinajstić information content (AvgIpc) is 1.95. The molecule has 0 heteroatoms. The zero-order valence-electron chi connectivity index (χ0n) is 9.28. The van der Waals surface area contributed by atoms with Crippen LogP contribution < -0.4 is 0 Å². The van der Waals surface area contributed by atoms with Gasteiger partial charge in [0.05, 0.1) is 0 Å². The van der Waals surface area contributed by atoms with Crippen molar-refractivity contribution in [2.75, 3.05) is 0 Å². The van der Waals surface area contributed by atoms with Crippen LogP contribution in [0.5, 0.6) is 0 Å². The van der Waals surface area contributed by atoms with Crippen LogP contribution >= 0.6 is 0 Å². The first-order valence-electron chi connectivity index (χ1n) is 5.51. The van der Waals surface area contributed by atoms with Crippen LogP contribution in [0.25, 0.3) is 0 Å². The number of hydrogen-bond acceptors (Lipinski definition) is 0. The van der Waals surface area contributed by atoms with Crippen LogP contribution in [0.2, 0.25) is 0 Å². The molecule has 2 aliphatic carbocycles. The first-order valence-corrected chi connectivity index (χ1v) is 5.51. The van der Waals surface area contributed by atoms with E-state index in [9.17, 15) is 0 Å². The van der Waals surface area contributed by atoms with Gasteiger partial charge >= 0.3 is 0 Å². The highest BCUT2D eigenvalue weighted by molar-refractivity contribution is 5.53. The first kappa shape index (κ1) is 9.05. The molecule has 2 aliphatic rings. The van der Waals surface area contributed by atoms with Gasteiger partial charge in [-0.15, -0.1) is 0 Å². The quantitative estimate of drug-likeness (QED) is 0.521. The molecule has 2 unspecified atom stereocenters. The minimum Gasteiger partial charge on any atom is -0.0726 e. The molecular formula is C13H20. The van der Waals surface area contributed by atoms with Gasteiger partial charge in [0, 0.05) is 0 Å². The van der Waals surface area contributed by atoms with E-state index in [1.165, 1.54) is 19.3 Å². The standard InChI is InChI=1S/C13H20/c1-8(2)11-7-12-9(3)5-6-10(4)13(11)12/h9-10H,5-7H2,1-4H3. The molecule has 0 amide bonds. The topological polar surface area (TPSA) is 0 Å². The summed E-state index contributed by atoms with van der Waals surface area (Å²) in [7, 11) is 0. The van der Waals surface area contributed by atoms with Crippen LogP contribution in [0.3, 0.4) is 0 Å². The van der Waals surface area contributed by atoms with Crippen LogP contribution in [0.1, 0.15) is 47.0 Å². The van der Waals surface area contributed by atoms with Gasteiger partial charge in [0.25, 0.3) is 0 Å². The average molecular weight is 176 g/mol. The van der Waals surface area contributed by atoms with Crippen molar-refractivity contribution in [3.8, 4) is 0 Å². The van der Waals surface area contributed by atoms with Crippen LogP contribution in [-0.4, -0.2) is 0 Å². The molecule has 0 radical (unpaired) electrons. The summed E-state index contributed by atoms with van der Waals surface area (Å²) in [6.07, 6.45) is 4.11. The highest BCUT2D eigenvalue weighted by atomic mass is 14.4. The molecule has 0 aromatic carbocycles. The molecule has 0 aromatic heterocycles. The van der Waals surface area contributed by atoms with Gasteiger partial charge in [0.2, 0.25) is 0 Å². The molecule has 2 atom stereocenters. The third kappa shape index (κ3) is 1.27. The third-order valence-corrected chi connectivity index (χ3v) is 3.76. The van der Waals surface area contributed by atoms with E-state index in [0.29, 0.717) is 0 Å². The van der Waals surface area contributed by atoms with Crippen molar-refractivity contribution in [3.63, 3.8) is 0 Å². The fourth-order valence-corrected chi connectivity index (χ4v) is 2.79. The lowest BCUT2D eigenvalue weighted by molar-refractivity contribution is 0.427. The molecule has 0 bridgehead atoms. The smallest absolute Gasteiger partial charge is 0.00562 e. The predicted molar refractivity (Wildman–Crippen MR) is 57.6 cm³/mol. The van der Waals surface area contributed by atoms with E-state index in [2.05, 4.69) is 27.7 Å². The normalized spacial score (nSPS) is 32.8. The fourth-order valence-electron chi connectivity index (χ4n) is 2.79. The summed E-state index contributed by atoms with van der Waals surface area (Å²) in [6.45, 7) is 9.29. The summed E-state index contributed by atoms with van der Waals surface area (Å²) in [5.74, 6) is 1.71. The summed E-state index contributed by atoms with van der Waals surface area (Å²) in [5.41, 5.74) is 6.72. The van der Waals surface area contributed by atoms with E-state index in [4.69, 9.17) is 0 Å². The van der Waals surface area contributed by atoms with E-state index in [0.717, 1.165) is 11.8 Å². The number of rotatable bonds is 0. The zero-order valence-corrected chi connectivity index (χ0v) is 9.28. The Labute approximate surface area is 81.7 Å². The molecule has 0 saturated carbocycles. The van der Waals surface area contributed by atoms with Crippen molar-refractivity contribution < 1.29 is 0 Å². The van der Waals surface area contributed by atoms with Gasteiger partial charge in [-0.05, 0) is 56.1 Å². The molecule has 2 rings (SSSR count). The van der Waals surface area contributed by atoms with Gasteiger partial charge in [0.1, 0.15) is 0 Å². The van der Waals surface area contributed by atoms with Gasteiger partial charge in [-0.3, -0.25) is 0 Å². The Kier molecular flexibility index (Phi) is 2.09. The number of hydrogen-bond donors (Lipinski definition) is 0. The van der Waals surface area contributed by atoms with E-state index in [1.807, 2.05) is 0 Å². The van der Waals surface area contributed by atoms with Crippen molar-refractivity contribution in [1.82, 2.24) is 0 Å². The second-order valence-electron chi connectivity index (χ2n) is 4.97. The minimum atomic E-state index is 0.838. The molecule has 0 saturated heterocycles. The molecule has 0 nitrogen and oxygen atoms in total. The van der Waals surface area contributed by atoms with E-state index in [1.54, 1.807) is 22.3 Å². The Balaban J connectivity index is 2.37. The third-order valence-electron chi connectivity index (χ3n) is 3.76. The lowest BCUT2D eigenvalue weighted by Crippen LogP contribution is -2.25. The molecular weight excluding hydrogens is 156 g/mol. The Morgan fingerprint density at radius 1 is 1.08 bits per heavy atom. The molecule has 72 valence electrons. The lowest BCUT2D eigenvalue weighted by atomic mass is 9.64. The summed E-state index contributed by atoms with van der Waals surface area (Å²) >= 11 is 0. The second-order valence-corrected chi connectivity index (χ2v) is 4.97. The predicted octanol–water partition coefficient (Wildman–Crippen LogP) is 4.09. The van der Waals surface area contributed by atoms with E-state index in [-0.39, 0.29) is 0 Å². The Morgan fingerprint density at radius 3 is 2.31 bits per heavy atom. The Bertz CT molecular complexity index is 287. The molecule has 0 N–H and O–H groups in total. The van der Waals surface area contributed by atoms with Crippen LogP contribution in [0, 0.1) is 11.8 Å². The molecule has 0 spiro atoms. The molecule has 0 aliphatic heterocycles. The number of allylic oxidation sites excluding steroid dienone is 4. The summed E-state index contributed by atoms with van der Waals surface area (Å²) in [5, 5.41) is 0. The first-order chi connectivity index (χ1) is 6.11. The van der Waals surface area contributed by atoms with Gasteiger partial charge in [0.15, 0.2) is 0 Å². The highest BCUT2D eigenvalue weighted by Gasteiger charge is 2.34. The highest BCUT2D eigenvalue weighted by Crippen LogP contribution is 2.49. The maximum atomic E-state index is 2.39. The summed E-state index contributed by atoms with van der Waals surface area (Å²) < 4.78 is 0. The minimum absolute atomic E-state index is 0.838. The molecule has 0 fully saturated rings. The van der Waals surface area contributed by atoms with Crippen LogP contribution in [0.15, 0.2) is 22.3 Å². The molecule has 0 aromatic rings. The summed E-state index contributed by atoms with van der Waals surface area (Å²) in [4.78, 5) is 0. The van der Waals surface area contributed by atoms with Gasteiger partial charge < -0.3 is 0 Å².